The fourth-order valence-electron chi connectivity index (χ4n) is 3.57. The van der Waals surface area contributed by atoms with Crippen molar-refractivity contribution in [2.24, 2.45) is 0 Å². The Balaban J connectivity index is 1.39. The standard InChI is InChI=1S/C19H23N5O2S/c1-24(15-7-9-27(25,26)12-15)19-10-18(22-13-23-19)20-8-6-14-11-21-17-5-3-2-4-16(14)17/h2-5,10-11,13,15,21H,6-9,12H2,1H3,(H,20,22,23). The number of hydrogen-bond acceptors (Lipinski definition) is 6. The van der Waals surface area contributed by atoms with Gasteiger partial charge in [0.25, 0.3) is 0 Å². The second kappa shape index (κ2) is 7.19. The molecule has 0 radical (unpaired) electrons. The molecule has 4 rings (SSSR count). The molecule has 1 fully saturated rings. The maximum absolute atomic E-state index is 11.7. The molecular weight excluding hydrogens is 362 g/mol. The predicted molar refractivity (Wildman–Crippen MR) is 108 cm³/mol. The molecule has 0 amide bonds. The molecule has 3 aromatic rings. The van der Waals surface area contributed by atoms with Crippen LogP contribution < -0.4 is 10.2 Å². The highest BCUT2D eigenvalue weighted by molar-refractivity contribution is 7.91. The molecule has 2 N–H and O–H groups in total. The lowest BCUT2D eigenvalue weighted by Gasteiger charge is -2.24. The van der Waals surface area contributed by atoms with E-state index in [1.54, 1.807) is 0 Å². The lowest BCUT2D eigenvalue weighted by atomic mass is 10.1. The molecule has 27 heavy (non-hydrogen) atoms. The van der Waals surface area contributed by atoms with Gasteiger partial charge in [-0.2, -0.15) is 0 Å². The molecule has 1 saturated heterocycles. The summed E-state index contributed by atoms with van der Waals surface area (Å²) in [6, 6.07) is 10.1. The molecule has 1 aliphatic heterocycles. The highest BCUT2D eigenvalue weighted by atomic mass is 32.2. The van der Waals surface area contributed by atoms with Gasteiger partial charge in [-0.1, -0.05) is 18.2 Å². The van der Waals surface area contributed by atoms with Gasteiger partial charge >= 0.3 is 0 Å². The largest absolute Gasteiger partial charge is 0.370 e. The lowest BCUT2D eigenvalue weighted by Crippen LogP contribution is -2.33. The van der Waals surface area contributed by atoms with Crippen LogP contribution in [0.3, 0.4) is 0 Å². The highest BCUT2D eigenvalue weighted by Crippen LogP contribution is 2.23. The number of benzene rings is 1. The van der Waals surface area contributed by atoms with E-state index in [-0.39, 0.29) is 17.5 Å². The minimum Gasteiger partial charge on any atom is -0.370 e. The van der Waals surface area contributed by atoms with Crippen LogP contribution in [0.1, 0.15) is 12.0 Å². The van der Waals surface area contributed by atoms with Gasteiger partial charge in [-0.05, 0) is 24.5 Å². The number of nitrogens with zero attached hydrogens (tertiary/aromatic N) is 3. The number of aromatic amines is 1. The van der Waals surface area contributed by atoms with E-state index in [9.17, 15) is 8.42 Å². The van der Waals surface area contributed by atoms with Crippen molar-refractivity contribution in [3.05, 3.63) is 48.4 Å². The van der Waals surface area contributed by atoms with Gasteiger partial charge in [0, 0.05) is 42.8 Å². The first-order valence-corrected chi connectivity index (χ1v) is 10.9. The number of aromatic nitrogens is 3. The van der Waals surface area contributed by atoms with E-state index >= 15 is 0 Å². The number of H-pyrrole nitrogens is 1. The van der Waals surface area contributed by atoms with Crippen LogP contribution in [0.15, 0.2) is 42.9 Å². The Morgan fingerprint density at radius 2 is 2.15 bits per heavy atom. The zero-order chi connectivity index (χ0) is 18.9. The third kappa shape index (κ3) is 3.90. The van der Waals surface area contributed by atoms with Crippen LogP contribution in [0.2, 0.25) is 0 Å². The lowest BCUT2D eigenvalue weighted by molar-refractivity contribution is 0.600. The van der Waals surface area contributed by atoms with Gasteiger partial charge < -0.3 is 15.2 Å². The molecular formula is C19H23N5O2S. The van der Waals surface area contributed by atoms with Crippen molar-refractivity contribution < 1.29 is 8.42 Å². The summed E-state index contributed by atoms with van der Waals surface area (Å²) >= 11 is 0. The fourth-order valence-corrected chi connectivity index (χ4v) is 5.34. The monoisotopic (exact) mass is 385 g/mol. The first kappa shape index (κ1) is 17.8. The van der Waals surface area contributed by atoms with E-state index in [4.69, 9.17) is 0 Å². The summed E-state index contributed by atoms with van der Waals surface area (Å²) in [6.07, 6.45) is 5.08. The zero-order valence-corrected chi connectivity index (χ0v) is 16.0. The molecule has 2 aromatic heterocycles. The molecule has 0 aliphatic carbocycles. The number of nitrogens with one attached hydrogen (secondary N) is 2. The van der Waals surface area contributed by atoms with Crippen LogP contribution in [0.25, 0.3) is 10.9 Å². The summed E-state index contributed by atoms with van der Waals surface area (Å²) in [7, 11) is -1.03. The number of para-hydroxylation sites is 1. The second-order valence-electron chi connectivity index (χ2n) is 6.97. The summed E-state index contributed by atoms with van der Waals surface area (Å²) < 4.78 is 23.4. The molecule has 7 nitrogen and oxygen atoms in total. The van der Waals surface area contributed by atoms with Crippen molar-refractivity contribution in [1.82, 2.24) is 15.0 Å². The van der Waals surface area contributed by atoms with Gasteiger partial charge in [0.1, 0.15) is 18.0 Å². The average molecular weight is 385 g/mol. The fraction of sp³-hybridized carbons (Fsp3) is 0.368. The first-order chi connectivity index (χ1) is 13.0. The van der Waals surface area contributed by atoms with Crippen molar-refractivity contribution >= 4 is 32.4 Å². The maximum atomic E-state index is 11.7. The van der Waals surface area contributed by atoms with Gasteiger partial charge in [-0.25, -0.2) is 18.4 Å². The van der Waals surface area contributed by atoms with E-state index in [0.717, 1.165) is 30.1 Å². The van der Waals surface area contributed by atoms with Crippen molar-refractivity contribution in [1.29, 1.82) is 0 Å². The number of hydrogen-bond donors (Lipinski definition) is 2. The summed E-state index contributed by atoms with van der Waals surface area (Å²) in [5.74, 6) is 1.92. The Morgan fingerprint density at radius 1 is 1.30 bits per heavy atom. The van der Waals surface area contributed by atoms with Crippen LogP contribution in [0.4, 0.5) is 11.6 Å². The zero-order valence-electron chi connectivity index (χ0n) is 15.2. The topological polar surface area (TPSA) is 91.0 Å². The van der Waals surface area contributed by atoms with Crippen LogP contribution in [-0.4, -0.2) is 54.5 Å². The Morgan fingerprint density at radius 3 is 2.96 bits per heavy atom. The van der Waals surface area contributed by atoms with E-state index < -0.39 is 9.84 Å². The molecule has 0 spiro atoms. The van der Waals surface area contributed by atoms with Crippen molar-refractivity contribution in [3.63, 3.8) is 0 Å². The molecule has 1 aromatic carbocycles. The smallest absolute Gasteiger partial charge is 0.152 e. The minimum atomic E-state index is -2.92. The molecule has 142 valence electrons. The van der Waals surface area contributed by atoms with Crippen LogP contribution in [0.5, 0.6) is 0 Å². The second-order valence-corrected chi connectivity index (χ2v) is 9.19. The van der Waals surface area contributed by atoms with Crippen molar-refractivity contribution in [2.75, 3.05) is 35.3 Å². The molecule has 0 saturated carbocycles. The summed E-state index contributed by atoms with van der Waals surface area (Å²) in [6.45, 7) is 0.750. The van der Waals surface area contributed by atoms with E-state index in [1.807, 2.05) is 36.3 Å². The van der Waals surface area contributed by atoms with Gasteiger partial charge in [0.2, 0.25) is 0 Å². The Labute approximate surface area is 158 Å². The number of anilines is 2. The molecule has 3 heterocycles. The maximum Gasteiger partial charge on any atom is 0.152 e. The Bertz CT molecular complexity index is 1050. The molecule has 0 bridgehead atoms. The van der Waals surface area contributed by atoms with E-state index in [2.05, 4.69) is 32.4 Å². The number of sulfone groups is 1. The SMILES string of the molecule is CN(c1cc(NCCc2c[nH]c3ccccc23)ncn1)C1CCS(=O)(=O)C1. The summed E-state index contributed by atoms with van der Waals surface area (Å²) in [5.41, 5.74) is 2.41. The van der Waals surface area contributed by atoms with Crippen LogP contribution >= 0.6 is 0 Å². The average Bonchev–Trinajstić information content (AvgIpc) is 3.25. The molecule has 8 heteroatoms. The van der Waals surface area contributed by atoms with Crippen LogP contribution in [-0.2, 0) is 16.3 Å². The minimum absolute atomic E-state index is 0.0241. The predicted octanol–water partition coefficient (Wildman–Crippen LogP) is 2.24. The Kier molecular flexibility index (Phi) is 4.73. The first-order valence-electron chi connectivity index (χ1n) is 9.06. The number of fused-ring (bicyclic) bond motifs is 1. The van der Waals surface area contributed by atoms with Crippen molar-refractivity contribution in [2.45, 2.75) is 18.9 Å². The Hall–Kier alpha value is -2.61. The van der Waals surface area contributed by atoms with Gasteiger partial charge in [0.05, 0.1) is 11.5 Å². The van der Waals surface area contributed by atoms with Gasteiger partial charge in [-0.3, -0.25) is 0 Å². The normalized spacial score (nSPS) is 18.6. The van der Waals surface area contributed by atoms with Gasteiger partial charge in [0.15, 0.2) is 9.84 Å². The van der Waals surface area contributed by atoms with Crippen LogP contribution in [0, 0.1) is 0 Å². The van der Waals surface area contributed by atoms with E-state index in [0.29, 0.717) is 6.42 Å². The molecule has 1 unspecified atom stereocenters. The quantitative estimate of drug-likeness (QED) is 0.676. The molecule has 1 atom stereocenters. The number of rotatable bonds is 6. The van der Waals surface area contributed by atoms with E-state index in [1.165, 1.54) is 17.3 Å². The summed E-state index contributed by atoms with van der Waals surface area (Å²) in [5, 5.41) is 4.58. The third-order valence-corrected chi connectivity index (χ3v) is 6.90. The summed E-state index contributed by atoms with van der Waals surface area (Å²) in [4.78, 5) is 13.8. The van der Waals surface area contributed by atoms with Gasteiger partial charge in [-0.15, -0.1) is 0 Å². The highest BCUT2D eigenvalue weighted by Gasteiger charge is 2.31. The van der Waals surface area contributed by atoms with Crippen molar-refractivity contribution in [3.8, 4) is 0 Å². The third-order valence-electron chi connectivity index (χ3n) is 5.15. The molecule has 1 aliphatic rings.